The van der Waals surface area contributed by atoms with Crippen LogP contribution in [0.4, 0.5) is 0 Å². The van der Waals surface area contributed by atoms with Crippen molar-refractivity contribution in [2.24, 2.45) is 0 Å². The van der Waals surface area contributed by atoms with Crippen molar-refractivity contribution in [2.75, 3.05) is 0 Å². The molecule has 1 N–H and O–H groups in total. The molecule has 0 bridgehead atoms. The van der Waals surface area contributed by atoms with Gasteiger partial charge in [-0.2, -0.15) is 0 Å². The van der Waals surface area contributed by atoms with E-state index in [1.807, 2.05) is 6.07 Å². The van der Waals surface area contributed by atoms with Gasteiger partial charge in [0.05, 0.1) is 0 Å². The van der Waals surface area contributed by atoms with E-state index in [1.54, 1.807) is 24.3 Å². The topological polar surface area (TPSA) is 63.6 Å². The molecular weight excluding hydrogens is 220 g/mol. The van der Waals surface area contributed by atoms with E-state index in [-0.39, 0.29) is 11.3 Å². The highest BCUT2D eigenvalue weighted by molar-refractivity contribution is 6.06. The van der Waals surface area contributed by atoms with Crippen molar-refractivity contribution in [3.63, 3.8) is 0 Å². The van der Waals surface area contributed by atoms with E-state index in [0.29, 0.717) is 5.39 Å². The number of benzene rings is 2. The Labute approximate surface area is 97.4 Å². The van der Waals surface area contributed by atoms with Crippen molar-refractivity contribution >= 4 is 22.7 Å². The Bertz CT molecular complexity index is 601. The molecule has 86 valence electrons. The Hall–Kier alpha value is -2.36. The number of rotatable bonds is 2. The molecule has 0 atom stereocenters. The third-order valence-corrected chi connectivity index (χ3v) is 2.36. The smallest absolute Gasteiger partial charge is 0.340 e. The van der Waals surface area contributed by atoms with Gasteiger partial charge in [0.2, 0.25) is 0 Å². The highest BCUT2D eigenvalue weighted by atomic mass is 16.5. The summed E-state index contributed by atoms with van der Waals surface area (Å²) in [5, 5.41) is 10.5. The molecule has 0 aliphatic rings. The number of hydrogen-bond acceptors (Lipinski definition) is 3. The van der Waals surface area contributed by atoms with Gasteiger partial charge < -0.3 is 9.84 Å². The van der Waals surface area contributed by atoms with Gasteiger partial charge in [-0.05, 0) is 16.8 Å². The molecule has 2 aromatic rings. The van der Waals surface area contributed by atoms with Crippen LogP contribution in [-0.4, -0.2) is 17.0 Å². The number of carbonyl (C=O) groups excluding carboxylic acids is 1. The van der Waals surface area contributed by atoms with Crippen molar-refractivity contribution < 1.29 is 19.4 Å². The second-order valence-electron chi connectivity index (χ2n) is 3.56. The van der Waals surface area contributed by atoms with Crippen LogP contribution in [0.25, 0.3) is 10.8 Å². The molecule has 0 aliphatic carbocycles. The molecule has 0 saturated heterocycles. The van der Waals surface area contributed by atoms with E-state index < -0.39 is 11.9 Å². The van der Waals surface area contributed by atoms with Crippen molar-refractivity contribution in [2.45, 2.75) is 6.92 Å². The maximum Gasteiger partial charge on any atom is 0.340 e. The first-order valence-electron chi connectivity index (χ1n) is 5.03. The van der Waals surface area contributed by atoms with Crippen molar-refractivity contribution in [1.82, 2.24) is 0 Å². The molecule has 0 heterocycles. The van der Waals surface area contributed by atoms with E-state index in [1.165, 1.54) is 13.0 Å². The zero-order valence-corrected chi connectivity index (χ0v) is 9.14. The number of carboxylic acids is 1. The van der Waals surface area contributed by atoms with Gasteiger partial charge >= 0.3 is 11.9 Å². The fourth-order valence-corrected chi connectivity index (χ4v) is 1.71. The predicted molar refractivity (Wildman–Crippen MR) is 62.2 cm³/mol. The standard InChI is InChI=1S/C13H10O4/c1-8(14)17-11-7-6-9-4-2-3-5-10(9)12(11)13(15)16/h2-7H,1H3,(H,15,16). The lowest BCUT2D eigenvalue weighted by Gasteiger charge is -2.08. The van der Waals surface area contributed by atoms with Crippen LogP contribution in [0.1, 0.15) is 17.3 Å². The fraction of sp³-hybridized carbons (Fsp3) is 0.0769. The first kappa shape index (κ1) is 11.1. The maximum absolute atomic E-state index is 11.2. The summed E-state index contributed by atoms with van der Waals surface area (Å²) in [7, 11) is 0. The highest BCUT2D eigenvalue weighted by Gasteiger charge is 2.16. The van der Waals surface area contributed by atoms with Crippen LogP contribution < -0.4 is 4.74 Å². The first-order valence-corrected chi connectivity index (χ1v) is 5.03. The zero-order valence-electron chi connectivity index (χ0n) is 9.14. The molecule has 0 spiro atoms. The van der Waals surface area contributed by atoms with Crippen LogP contribution in [0, 0.1) is 0 Å². The van der Waals surface area contributed by atoms with Crippen LogP contribution in [0.15, 0.2) is 36.4 Å². The number of hydrogen-bond donors (Lipinski definition) is 1. The molecule has 0 unspecified atom stereocenters. The van der Waals surface area contributed by atoms with Gasteiger partial charge in [0, 0.05) is 6.92 Å². The van der Waals surface area contributed by atoms with E-state index in [9.17, 15) is 14.7 Å². The summed E-state index contributed by atoms with van der Waals surface area (Å²) in [6.45, 7) is 1.24. The molecule has 0 fully saturated rings. The Morgan fingerprint density at radius 1 is 1.12 bits per heavy atom. The van der Waals surface area contributed by atoms with Crippen molar-refractivity contribution in [3.05, 3.63) is 42.0 Å². The number of aromatic carboxylic acids is 1. The molecule has 0 amide bonds. The van der Waals surface area contributed by atoms with Crippen LogP contribution in [-0.2, 0) is 4.79 Å². The Morgan fingerprint density at radius 3 is 2.47 bits per heavy atom. The van der Waals surface area contributed by atoms with Crippen LogP contribution in [0.3, 0.4) is 0 Å². The minimum absolute atomic E-state index is 0.0123. The number of carbonyl (C=O) groups is 2. The van der Waals surface area contributed by atoms with E-state index in [2.05, 4.69) is 0 Å². The molecule has 2 aromatic carbocycles. The molecule has 0 radical (unpaired) electrons. The van der Waals surface area contributed by atoms with Crippen LogP contribution in [0.2, 0.25) is 0 Å². The Morgan fingerprint density at radius 2 is 1.82 bits per heavy atom. The number of esters is 1. The SMILES string of the molecule is CC(=O)Oc1ccc2ccccc2c1C(=O)O. The van der Waals surface area contributed by atoms with Gasteiger partial charge in [-0.25, -0.2) is 4.79 Å². The fourth-order valence-electron chi connectivity index (χ4n) is 1.71. The molecular formula is C13H10O4. The summed E-state index contributed by atoms with van der Waals surface area (Å²) in [6, 6.07) is 10.3. The lowest BCUT2D eigenvalue weighted by atomic mass is 10.0. The van der Waals surface area contributed by atoms with E-state index in [4.69, 9.17) is 4.74 Å². The lowest BCUT2D eigenvalue weighted by molar-refractivity contribution is -0.131. The van der Waals surface area contributed by atoms with Gasteiger partial charge in [-0.1, -0.05) is 30.3 Å². The molecule has 0 aromatic heterocycles. The third-order valence-electron chi connectivity index (χ3n) is 2.36. The molecule has 0 aliphatic heterocycles. The quantitative estimate of drug-likeness (QED) is 0.635. The molecule has 4 nitrogen and oxygen atoms in total. The van der Waals surface area contributed by atoms with Gasteiger partial charge in [-0.3, -0.25) is 4.79 Å². The van der Waals surface area contributed by atoms with E-state index in [0.717, 1.165) is 5.39 Å². The summed E-state index contributed by atoms with van der Waals surface area (Å²) in [4.78, 5) is 22.1. The largest absolute Gasteiger partial charge is 0.478 e. The second kappa shape index (κ2) is 4.25. The molecule has 2 rings (SSSR count). The highest BCUT2D eigenvalue weighted by Crippen LogP contribution is 2.28. The van der Waals surface area contributed by atoms with Crippen molar-refractivity contribution in [3.8, 4) is 5.75 Å². The monoisotopic (exact) mass is 230 g/mol. The lowest BCUT2D eigenvalue weighted by Crippen LogP contribution is -2.07. The molecule has 0 saturated carbocycles. The number of carboxylic acid groups (broad SMARTS) is 1. The van der Waals surface area contributed by atoms with Gasteiger partial charge in [0.15, 0.2) is 0 Å². The summed E-state index contributed by atoms with van der Waals surface area (Å²) in [6.07, 6.45) is 0. The predicted octanol–water partition coefficient (Wildman–Crippen LogP) is 2.46. The molecule has 4 heteroatoms. The Kier molecular flexibility index (Phi) is 2.78. The second-order valence-corrected chi connectivity index (χ2v) is 3.56. The third kappa shape index (κ3) is 2.10. The first-order chi connectivity index (χ1) is 8.09. The Balaban J connectivity index is 2.72. The van der Waals surface area contributed by atoms with Crippen molar-refractivity contribution in [1.29, 1.82) is 0 Å². The maximum atomic E-state index is 11.2. The average Bonchev–Trinajstić information content (AvgIpc) is 2.27. The average molecular weight is 230 g/mol. The van der Waals surface area contributed by atoms with Gasteiger partial charge in [0.1, 0.15) is 11.3 Å². The summed E-state index contributed by atoms with van der Waals surface area (Å²) >= 11 is 0. The van der Waals surface area contributed by atoms with Crippen LogP contribution in [0.5, 0.6) is 5.75 Å². The minimum Gasteiger partial charge on any atom is -0.478 e. The summed E-state index contributed by atoms with van der Waals surface area (Å²) in [5.74, 6) is -1.58. The summed E-state index contributed by atoms with van der Waals surface area (Å²) in [5.41, 5.74) is 0.0123. The van der Waals surface area contributed by atoms with Gasteiger partial charge in [0.25, 0.3) is 0 Å². The number of ether oxygens (including phenoxy) is 1. The summed E-state index contributed by atoms with van der Waals surface area (Å²) < 4.78 is 4.90. The number of fused-ring (bicyclic) bond motifs is 1. The molecule has 17 heavy (non-hydrogen) atoms. The van der Waals surface area contributed by atoms with Gasteiger partial charge in [-0.15, -0.1) is 0 Å². The minimum atomic E-state index is -1.11. The zero-order chi connectivity index (χ0) is 12.4. The van der Waals surface area contributed by atoms with E-state index >= 15 is 0 Å². The van der Waals surface area contributed by atoms with Crippen LogP contribution >= 0.6 is 0 Å². The normalized spacial score (nSPS) is 10.2.